The van der Waals surface area contributed by atoms with Crippen molar-refractivity contribution in [2.24, 2.45) is 5.92 Å². The van der Waals surface area contributed by atoms with E-state index in [9.17, 15) is 0 Å². The fourth-order valence-corrected chi connectivity index (χ4v) is 2.58. The van der Waals surface area contributed by atoms with Gasteiger partial charge < -0.3 is 9.84 Å². The second kappa shape index (κ2) is 6.99. The first kappa shape index (κ1) is 15.2. The second-order valence-electron chi connectivity index (χ2n) is 5.25. The molecule has 0 radical (unpaired) electrons. The van der Waals surface area contributed by atoms with Crippen molar-refractivity contribution in [1.29, 1.82) is 0 Å². The molecule has 0 aliphatic rings. The highest BCUT2D eigenvalue weighted by atomic mass is 79.9. The van der Waals surface area contributed by atoms with E-state index in [1.165, 1.54) is 5.56 Å². The lowest BCUT2D eigenvalue weighted by Crippen LogP contribution is -2.32. The Balaban J connectivity index is 2.02. The Labute approximate surface area is 128 Å². The van der Waals surface area contributed by atoms with Crippen LogP contribution in [-0.2, 0) is 12.8 Å². The zero-order chi connectivity index (χ0) is 14.5. The summed E-state index contributed by atoms with van der Waals surface area (Å²) in [7, 11) is 1.96. The molecule has 0 saturated heterocycles. The third-order valence-electron chi connectivity index (χ3n) is 3.33. The maximum Gasteiger partial charge on any atom is 0.228 e. The number of halogens is 1. The summed E-state index contributed by atoms with van der Waals surface area (Å²) in [5.41, 5.74) is 1.17. The molecule has 108 valence electrons. The van der Waals surface area contributed by atoms with Crippen molar-refractivity contribution < 1.29 is 4.52 Å². The molecule has 0 aliphatic carbocycles. The highest BCUT2D eigenvalue weighted by Gasteiger charge is 2.16. The summed E-state index contributed by atoms with van der Waals surface area (Å²) in [6.45, 7) is 4.36. The Hall–Kier alpha value is -1.20. The van der Waals surface area contributed by atoms with Gasteiger partial charge in [-0.15, -0.1) is 0 Å². The smallest absolute Gasteiger partial charge is 0.228 e. The quantitative estimate of drug-likeness (QED) is 0.879. The number of aromatic nitrogens is 2. The Morgan fingerprint density at radius 1 is 1.35 bits per heavy atom. The van der Waals surface area contributed by atoms with Crippen molar-refractivity contribution in [3.63, 3.8) is 0 Å². The predicted octanol–water partition coefficient (Wildman–Crippen LogP) is 3.21. The lowest BCUT2D eigenvalue weighted by molar-refractivity contribution is 0.333. The summed E-state index contributed by atoms with van der Waals surface area (Å²) < 4.78 is 6.40. The fraction of sp³-hybridized carbons (Fsp3) is 0.467. The molecule has 4 nitrogen and oxygen atoms in total. The fourth-order valence-electron chi connectivity index (χ4n) is 2.13. The summed E-state index contributed by atoms with van der Waals surface area (Å²) in [6.07, 6.45) is 1.45. The van der Waals surface area contributed by atoms with Crippen LogP contribution in [0.25, 0.3) is 0 Å². The Bertz CT molecular complexity index is 554. The normalized spacial score (nSPS) is 12.8. The molecule has 2 rings (SSSR count). The molecule has 5 heteroatoms. The van der Waals surface area contributed by atoms with Crippen LogP contribution in [0.5, 0.6) is 0 Å². The van der Waals surface area contributed by atoms with E-state index >= 15 is 0 Å². The number of hydrogen-bond donors (Lipinski definition) is 1. The zero-order valence-corrected chi connectivity index (χ0v) is 13.6. The average molecular weight is 338 g/mol. The molecule has 0 aliphatic heterocycles. The molecule has 1 unspecified atom stereocenters. The lowest BCUT2D eigenvalue weighted by Gasteiger charge is -2.17. The van der Waals surface area contributed by atoms with Crippen LogP contribution < -0.4 is 5.32 Å². The Kier molecular flexibility index (Phi) is 5.31. The van der Waals surface area contributed by atoms with E-state index in [1.54, 1.807) is 0 Å². The number of benzene rings is 1. The lowest BCUT2D eigenvalue weighted by atomic mass is 10.0. The van der Waals surface area contributed by atoms with Gasteiger partial charge in [0.2, 0.25) is 5.89 Å². The molecule has 0 fully saturated rings. The minimum absolute atomic E-state index is 0.356. The molecule has 1 heterocycles. The molecular formula is C15H20BrN3O. The van der Waals surface area contributed by atoms with Crippen LogP contribution in [-0.4, -0.2) is 23.2 Å². The molecule has 1 aromatic carbocycles. The van der Waals surface area contributed by atoms with Crippen LogP contribution in [0, 0.1) is 5.92 Å². The first-order valence-electron chi connectivity index (χ1n) is 6.81. The monoisotopic (exact) mass is 337 g/mol. The van der Waals surface area contributed by atoms with Crippen molar-refractivity contribution in [3.05, 3.63) is 46.0 Å². The molecule has 1 atom stereocenters. The molecule has 1 N–H and O–H groups in total. The molecule has 20 heavy (non-hydrogen) atoms. The minimum Gasteiger partial charge on any atom is -0.339 e. The Morgan fingerprint density at radius 2 is 2.15 bits per heavy atom. The molecule has 0 bridgehead atoms. The van der Waals surface area contributed by atoms with Gasteiger partial charge in [0, 0.05) is 23.4 Å². The summed E-state index contributed by atoms with van der Waals surface area (Å²) in [5.74, 6) is 1.96. The van der Waals surface area contributed by atoms with Gasteiger partial charge in [0.25, 0.3) is 0 Å². The standard InChI is InChI=1S/C15H20BrN3O/c1-10(2)13(17-3)9-15-18-14(19-20-15)8-11-5-4-6-12(16)7-11/h4-7,10,13,17H,8-9H2,1-3H3. The highest BCUT2D eigenvalue weighted by molar-refractivity contribution is 9.10. The maximum atomic E-state index is 5.34. The van der Waals surface area contributed by atoms with Gasteiger partial charge in [-0.25, -0.2) is 0 Å². The van der Waals surface area contributed by atoms with Crippen LogP contribution >= 0.6 is 15.9 Å². The third-order valence-corrected chi connectivity index (χ3v) is 3.82. The first-order chi connectivity index (χ1) is 9.58. The van der Waals surface area contributed by atoms with Crippen LogP contribution in [0.1, 0.15) is 31.1 Å². The van der Waals surface area contributed by atoms with Gasteiger partial charge in [-0.2, -0.15) is 4.98 Å². The highest BCUT2D eigenvalue weighted by Crippen LogP contribution is 2.15. The van der Waals surface area contributed by atoms with Gasteiger partial charge in [-0.1, -0.05) is 47.1 Å². The van der Waals surface area contributed by atoms with E-state index in [-0.39, 0.29) is 0 Å². The number of hydrogen-bond acceptors (Lipinski definition) is 4. The van der Waals surface area contributed by atoms with Gasteiger partial charge in [-0.3, -0.25) is 0 Å². The number of nitrogens with one attached hydrogen (secondary N) is 1. The van der Waals surface area contributed by atoms with E-state index in [0.29, 0.717) is 24.3 Å². The van der Waals surface area contributed by atoms with Crippen molar-refractivity contribution in [1.82, 2.24) is 15.5 Å². The largest absolute Gasteiger partial charge is 0.339 e. The molecule has 0 spiro atoms. The van der Waals surface area contributed by atoms with Gasteiger partial charge in [-0.05, 0) is 30.7 Å². The van der Waals surface area contributed by atoms with Crippen LogP contribution in [0.4, 0.5) is 0 Å². The predicted molar refractivity (Wildman–Crippen MR) is 82.6 cm³/mol. The average Bonchev–Trinajstić information content (AvgIpc) is 2.83. The van der Waals surface area contributed by atoms with Gasteiger partial charge >= 0.3 is 0 Å². The molecule has 0 saturated carbocycles. The number of likely N-dealkylation sites (N-methyl/N-ethyl adjacent to an activating group) is 1. The van der Waals surface area contributed by atoms with Crippen LogP contribution in [0.2, 0.25) is 0 Å². The van der Waals surface area contributed by atoms with Crippen molar-refractivity contribution >= 4 is 15.9 Å². The van der Waals surface area contributed by atoms with E-state index in [4.69, 9.17) is 4.52 Å². The van der Waals surface area contributed by atoms with Crippen LogP contribution in [0.15, 0.2) is 33.3 Å². The maximum absolute atomic E-state index is 5.34. The zero-order valence-electron chi connectivity index (χ0n) is 12.1. The van der Waals surface area contributed by atoms with Gasteiger partial charge in [0.05, 0.1) is 0 Å². The molecule has 2 aromatic rings. The van der Waals surface area contributed by atoms with Crippen LogP contribution in [0.3, 0.4) is 0 Å². The van der Waals surface area contributed by atoms with Crippen molar-refractivity contribution in [2.45, 2.75) is 32.7 Å². The minimum atomic E-state index is 0.356. The van der Waals surface area contributed by atoms with E-state index in [0.717, 1.165) is 16.7 Å². The van der Waals surface area contributed by atoms with E-state index < -0.39 is 0 Å². The summed E-state index contributed by atoms with van der Waals surface area (Å²) in [6, 6.07) is 8.50. The van der Waals surface area contributed by atoms with E-state index in [2.05, 4.69) is 57.4 Å². The number of rotatable bonds is 6. The second-order valence-corrected chi connectivity index (χ2v) is 6.17. The first-order valence-corrected chi connectivity index (χ1v) is 7.61. The van der Waals surface area contributed by atoms with E-state index in [1.807, 2.05) is 19.2 Å². The summed E-state index contributed by atoms with van der Waals surface area (Å²) >= 11 is 3.47. The molecule has 1 aromatic heterocycles. The van der Waals surface area contributed by atoms with Gasteiger partial charge in [0.15, 0.2) is 5.82 Å². The van der Waals surface area contributed by atoms with Gasteiger partial charge in [0.1, 0.15) is 0 Å². The van der Waals surface area contributed by atoms with Crippen molar-refractivity contribution in [3.8, 4) is 0 Å². The number of nitrogens with zero attached hydrogens (tertiary/aromatic N) is 2. The Morgan fingerprint density at radius 3 is 2.80 bits per heavy atom. The summed E-state index contributed by atoms with van der Waals surface area (Å²) in [4.78, 5) is 4.47. The molecular weight excluding hydrogens is 318 g/mol. The summed E-state index contributed by atoms with van der Waals surface area (Å²) in [5, 5.41) is 7.34. The topological polar surface area (TPSA) is 51.0 Å². The van der Waals surface area contributed by atoms with Crippen molar-refractivity contribution in [2.75, 3.05) is 7.05 Å². The SMILES string of the molecule is CNC(Cc1nc(Cc2cccc(Br)c2)no1)C(C)C. The molecule has 0 amide bonds. The third kappa shape index (κ3) is 4.15.